The Morgan fingerprint density at radius 1 is 1.18 bits per heavy atom. The maximum Gasteiger partial charge on any atom is 0.242 e. The van der Waals surface area contributed by atoms with Gasteiger partial charge in [-0.25, -0.2) is 4.39 Å². The highest BCUT2D eigenvalue weighted by atomic mass is 35.5. The number of amides is 2. The minimum atomic E-state index is -0.704. The molecule has 0 aromatic heterocycles. The van der Waals surface area contributed by atoms with Crippen LogP contribution in [0.15, 0.2) is 53.4 Å². The van der Waals surface area contributed by atoms with Gasteiger partial charge in [0.2, 0.25) is 11.8 Å². The molecule has 0 spiro atoms. The van der Waals surface area contributed by atoms with Crippen LogP contribution in [0.5, 0.6) is 0 Å². The Kier molecular flexibility index (Phi) is 8.80. The molecular formula is C21H24ClFN2O2S. The van der Waals surface area contributed by atoms with Crippen LogP contribution >= 0.6 is 23.4 Å². The van der Waals surface area contributed by atoms with Gasteiger partial charge in [0.25, 0.3) is 0 Å². The highest BCUT2D eigenvalue weighted by Crippen LogP contribution is 2.22. The lowest BCUT2D eigenvalue weighted by Gasteiger charge is -2.29. The molecule has 2 aromatic rings. The molecule has 0 radical (unpaired) electrons. The summed E-state index contributed by atoms with van der Waals surface area (Å²) in [5, 5.41) is 3.42. The highest BCUT2D eigenvalue weighted by molar-refractivity contribution is 8.00. The van der Waals surface area contributed by atoms with Crippen molar-refractivity contribution in [1.29, 1.82) is 0 Å². The first-order chi connectivity index (χ1) is 13.4. The molecular weight excluding hydrogens is 399 g/mol. The van der Waals surface area contributed by atoms with Crippen LogP contribution in [0.1, 0.15) is 25.8 Å². The molecule has 0 heterocycles. The Bertz CT molecular complexity index is 801. The summed E-state index contributed by atoms with van der Waals surface area (Å²) < 4.78 is 14.1. The molecule has 0 bridgehead atoms. The Labute approximate surface area is 174 Å². The topological polar surface area (TPSA) is 49.4 Å². The summed E-state index contributed by atoms with van der Waals surface area (Å²) in [5.41, 5.74) is 0.377. The van der Waals surface area contributed by atoms with Crippen molar-refractivity contribution in [3.05, 3.63) is 64.9 Å². The third kappa shape index (κ3) is 6.53. The fraction of sp³-hybridized carbons (Fsp3) is 0.333. The molecule has 0 unspecified atom stereocenters. The van der Waals surface area contributed by atoms with Crippen molar-refractivity contribution in [2.24, 2.45) is 0 Å². The Balaban J connectivity index is 2.13. The fourth-order valence-electron chi connectivity index (χ4n) is 2.55. The molecule has 0 saturated heterocycles. The summed E-state index contributed by atoms with van der Waals surface area (Å²) in [4.78, 5) is 27.6. The number of carbonyl (C=O) groups excluding carboxylic acids is 2. The van der Waals surface area contributed by atoms with Crippen molar-refractivity contribution in [3.8, 4) is 0 Å². The second-order valence-corrected chi connectivity index (χ2v) is 7.81. The standard InChI is InChI=1S/C21H24ClFN2O2S/c1-3-12-24-21(27)15(2)25(13-16-6-4-5-7-19(16)23)20(26)14-28-18-10-8-17(22)9-11-18/h4-11,15H,3,12-14H2,1-2H3,(H,24,27)/t15-/m0/s1. The zero-order chi connectivity index (χ0) is 20.5. The van der Waals surface area contributed by atoms with Crippen LogP contribution in [0.3, 0.4) is 0 Å². The lowest BCUT2D eigenvalue weighted by Crippen LogP contribution is -2.48. The van der Waals surface area contributed by atoms with Crippen LogP contribution in [0.4, 0.5) is 4.39 Å². The number of benzene rings is 2. The Morgan fingerprint density at radius 3 is 2.50 bits per heavy atom. The van der Waals surface area contributed by atoms with Crippen molar-refractivity contribution in [2.45, 2.75) is 37.8 Å². The zero-order valence-corrected chi connectivity index (χ0v) is 17.5. The summed E-state index contributed by atoms with van der Waals surface area (Å²) in [5.74, 6) is -0.737. The van der Waals surface area contributed by atoms with E-state index in [1.54, 1.807) is 37.3 Å². The monoisotopic (exact) mass is 422 g/mol. The average molecular weight is 423 g/mol. The molecule has 0 aliphatic heterocycles. The van der Waals surface area contributed by atoms with Crippen LogP contribution in [-0.2, 0) is 16.1 Å². The van der Waals surface area contributed by atoms with Gasteiger partial charge in [0.15, 0.2) is 0 Å². The molecule has 2 rings (SSSR count). The molecule has 2 aromatic carbocycles. The quantitative estimate of drug-likeness (QED) is 0.604. The predicted molar refractivity (Wildman–Crippen MR) is 112 cm³/mol. The van der Waals surface area contributed by atoms with Gasteiger partial charge < -0.3 is 10.2 Å². The van der Waals surface area contributed by atoms with Gasteiger partial charge in [-0.3, -0.25) is 9.59 Å². The zero-order valence-electron chi connectivity index (χ0n) is 16.0. The van der Waals surface area contributed by atoms with Gasteiger partial charge in [-0.15, -0.1) is 11.8 Å². The van der Waals surface area contributed by atoms with Crippen LogP contribution in [0.25, 0.3) is 0 Å². The number of nitrogens with one attached hydrogen (secondary N) is 1. The van der Waals surface area contributed by atoms with Gasteiger partial charge in [0.1, 0.15) is 11.9 Å². The number of hydrogen-bond acceptors (Lipinski definition) is 3. The smallest absolute Gasteiger partial charge is 0.242 e. The van der Waals surface area contributed by atoms with E-state index in [2.05, 4.69) is 5.32 Å². The van der Waals surface area contributed by atoms with Crippen molar-refractivity contribution in [2.75, 3.05) is 12.3 Å². The van der Waals surface area contributed by atoms with E-state index in [0.717, 1.165) is 11.3 Å². The molecule has 1 N–H and O–H groups in total. The van der Waals surface area contributed by atoms with Crippen LogP contribution in [-0.4, -0.2) is 35.1 Å². The molecule has 150 valence electrons. The molecule has 2 amide bonds. The summed E-state index contributed by atoms with van der Waals surface area (Å²) in [7, 11) is 0. The van der Waals surface area contributed by atoms with Crippen LogP contribution in [0, 0.1) is 5.82 Å². The third-order valence-electron chi connectivity index (χ3n) is 4.19. The minimum Gasteiger partial charge on any atom is -0.354 e. The number of thioether (sulfide) groups is 1. The summed E-state index contributed by atoms with van der Waals surface area (Å²) in [6.07, 6.45) is 0.798. The molecule has 7 heteroatoms. The molecule has 0 fully saturated rings. The number of nitrogens with zero attached hydrogens (tertiary/aromatic N) is 1. The summed E-state index contributed by atoms with van der Waals surface area (Å²) in [6.45, 7) is 4.19. The van der Waals surface area contributed by atoms with Crippen molar-refractivity contribution < 1.29 is 14.0 Å². The first kappa shape index (κ1) is 22.2. The highest BCUT2D eigenvalue weighted by Gasteiger charge is 2.26. The molecule has 0 saturated carbocycles. The van der Waals surface area contributed by atoms with E-state index in [1.807, 2.05) is 19.1 Å². The van der Waals surface area contributed by atoms with Gasteiger partial charge in [-0.05, 0) is 43.7 Å². The number of halogens is 2. The van der Waals surface area contributed by atoms with E-state index in [4.69, 9.17) is 11.6 Å². The molecule has 1 atom stereocenters. The average Bonchev–Trinajstić information content (AvgIpc) is 2.70. The Hall–Kier alpha value is -2.05. The molecule has 0 aliphatic rings. The first-order valence-electron chi connectivity index (χ1n) is 9.11. The van der Waals surface area contributed by atoms with Crippen LogP contribution in [0.2, 0.25) is 5.02 Å². The number of rotatable bonds is 9. The van der Waals surface area contributed by atoms with E-state index < -0.39 is 11.9 Å². The maximum absolute atomic E-state index is 14.1. The van der Waals surface area contributed by atoms with Crippen molar-refractivity contribution >= 4 is 35.2 Å². The SMILES string of the molecule is CCCNC(=O)[C@H](C)N(Cc1ccccc1F)C(=O)CSc1ccc(Cl)cc1. The van der Waals surface area contributed by atoms with Gasteiger partial charge >= 0.3 is 0 Å². The lowest BCUT2D eigenvalue weighted by molar-refractivity contribution is -0.138. The summed E-state index contributed by atoms with van der Waals surface area (Å²) in [6, 6.07) is 12.8. The van der Waals surface area contributed by atoms with Gasteiger partial charge in [0, 0.05) is 28.6 Å². The van der Waals surface area contributed by atoms with E-state index >= 15 is 0 Å². The second-order valence-electron chi connectivity index (χ2n) is 6.32. The van der Waals surface area contributed by atoms with Crippen molar-refractivity contribution in [1.82, 2.24) is 10.2 Å². The number of carbonyl (C=O) groups is 2. The first-order valence-corrected chi connectivity index (χ1v) is 10.5. The Morgan fingerprint density at radius 2 is 1.86 bits per heavy atom. The lowest BCUT2D eigenvalue weighted by atomic mass is 10.1. The largest absolute Gasteiger partial charge is 0.354 e. The minimum absolute atomic E-state index is 0.0351. The van der Waals surface area contributed by atoms with E-state index in [0.29, 0.717) is 17.1 Å². The fourth-order valence-corrected chi connectivity index (χ4v) is 3.46. The number of hydrogen-bond donors (Lipinski definition) is 1. The van der Waals surface area contributed by atoms with E-state index in [-0.39, 0.29) is 24.1 Å². The van der Waals surface area contributed by atoms with Crippen molar-refractivity contribution in [3.63, 3.8) is 0 Å². The van der Waals surface area contributed by atoms with Crippen LogP contribution < -0.4 is 5.32 Å². The summed E-state index contributed by atoms with van der Waals surface area (Å²) >= 11 is 7.24. The molecule has 0 aliphatic carbocycles. The second kappa shape index (κ2) is 11.1. The van der Waals surface area contributed by atoms with Gasteiger partial charge in [0.05, 0.1) is 5.75 Å². The van der Waals surface area contributed by atoms with E-state index in [9.17, 15) is 14.0 Å². The molecule has 28 heavy (non-hydrogen) atoms. The predicted octanol–water partition coefficient (Wildman–Crippen LogP) is 4.51. The van der Waals surface area contributed by atoms with E-state index in [1.165, 1.54) is 22.7 Å². The third-order valence-corrected chi connectivity index (χ3v) is 5.44. The molecule has 4 nitrogen and oxygen atoms in total. The maximum atomic E-state index is 14.1. The normalized spacial score (nSPS) is 11.7. The van der Waals surface area contributed by atoms with Gasteiger partial charge in [-0.2, -0.15) is 0 Å². The van der Waals surface area contributed by atoms with Gasteiger partial charge in [-0.1, -0.05) is 36.7 Å².